The van der Waals surface area contributed by atoms with Gasteiger partial charge in [-0.25, -0.2) is 0 Å². The van der Waals surface area contributed by atoms with Gasteiger partial charge < -0.3 is 0 Å². The van der Waals surface area contributed by atoms with Crippen LogP contribution < -0.4 is 0 Å². The quantitative estimate of drug-likeness (QED) is 0.697. The monoisotopic (exact) mass is 206 g/mol. The Morgan fingerprint density at radius 3 is 1.60 bits per heavy atom. The van der Waals surface area contributed by atoms with E-state index in [1.165, 1.54) is 0 Å². The third-order valence-electron chi connectivity index (χ3n) is 1.99. The second kappa shape index (κ2) is 6.93. The molecule has 1 rings (SSSR count). The standard InChI is InChI=1S/C8H8O.C5H10O/c1-7(9)8-5-3-2-4-6-8;1-4(2)5(3)6/h2-6H,1H3;4H,1-3H3. The summed E-state index contributed by atoms with van der Waals surface area (Å²) < 4.78 is 0. The number of rotatable bonds is 2. The molecule has 0 bridgehead atoms. The normalized spacial score (nSPS) is 9.13. The van der Waals surface area contributed by atoms with Crippen molar-refractivity contribution < 1.29 is 9.59 Å². The molecule has 0 radical (unpaired) electrons. The van der Waals surface area contributed by atoms with E-state index in [0.29, 0.717) is 0 Å². The SMILES string of the molecule is CC(=O)C(C)C.CC(=O)c1ccccc1. The van der Waals surface area contributed by atoms with Crippen molar-refractivity contribution in [1.82, 2.24) is 0 Å². The van der Waals surface area contributed by atoms with Crippen LogP contribution in [0.25, 0.3) is 0 Å². The van der Waals surface area contributed by atoms with E-state index in [4.69, 9.17) is 0 Å². The van der Waals surface area contributed by atoms with Gasteiger partial charge in [-0.3, -0.25) is 9.59 Å². The van der Waals surface area contributed by atoms with E-state index in [1.54, 1.807) is 13.8 Å². The van der Waals surface area contributed by atoms with Gasteiger partial charge in [-0.15, -0.1) is 0 Å². The van der Waals surface area contributed by atoms with Crippen LogP contribution in [-0.2, 0) is 4.79 Å². The van der Waals surface area contributed by atoms with Gasteiger partial charge in [-0.05, 0) is 13.8 Å². The maximum absolute atomic E-state index is 10.6. The first-order valence-electron chi connectivity index (χ1n) is 5.01. The molecule has 0 aliphatic rings. The van der Waals surface area contributed by atoms with Crippen molar-refractivity contribution in [2.24, 2.45) is 5.92 Å². The third kappa shape index (κ3) is 6.61. The molecule has 2 heteroatoms. The molecule has 0 unspecified atom stereocenters. The van der Waals surface area contributed by atoms with Crippen molar-refractivity contribution in [2.75, 3.05) is 0 Å². The molecule has 0 saturated carbocycles. The molecular formula is C13H18O2. The fourth-order valence-corrected chi connectivity index (χ4v) is 0.673. The fourth-order valence-electron chi connectivity index (χ4n) is 0.673. The Hall–Kier alpha value is -1.44. The smallest absolute Gasteiger partial charge is 0.159 e. The predicted molar refractivity (Wildman–Crippen MR) is 62.0 cm³/mol. The molecule has 1 aromatic carbocycles. The van der Waals surface area contributed by atoms with Crippen LogP contribution in [0.2, 0.25) is 0 Å². The Labute approximate surface area is 91.3 Å². The molecule has 0 amide bonds. The van der Waals surface area contributed by atoms with Gasteiger partial charge in [-0.2, -0.15) is 0 Å². The molecule has 82 valence electrons. The molecule has 0 fully saturated rings. The molecule has 0 heterocycles. The largest absolute Gasteiger partial charge is 0.300 e. The molecule has 0 spiro atoms. The van der Waals surface area contributed by atoms with Crippen molar-refractivity contribution in [3.63, 3.8) is 0 Å². The van der Waals surface area contributed by atoms with Crippen LogP contribution in [0.4, 0.5) is 0 Å². The van der Waals surface area contributed by atoms with Crippen molar-refractivity contribution in [2.45, 2.75) is 27.7 Å². The van der Waals surface area contributed by atoms with E-state index in [2.05, 4.69) is 0 Å². The number of ketones is 2. The van der Waals surface area contributed by atoms with E-state index >= 15 is 0 Å². The summed E-state index contributed by atoms with van der Waals surface area (Å²) in [6.07, 6.45) is 0. The Morgan fingerprint density at radius 1 is 1.00 bits per heavy atom. The molecule has 0 saturated heterocycles. The van der Waals surface area contributed by atoms with Gasteiger partial charge in [0.2, 0.25) is 0 Å². The van der Waals surface area contributed by atoms with Gasteiger partial charge in [0.05, 0.1) is 0 Å². The average molecular weight is 206 g/mol. The van der Waals surface area contributed by atoms with E-state index in [1.807, 2.05) is 44.2 Å². The highest BCUT2D eigenvalue weighted by atomic mass is 16.1. The molecule has 0 aliphatic heterocycles. The molecule has 0 aliphatic carbocycles. The second-order valence-electron chi connectivity index (χ2n) is 3.69. The molecule has 15 heavy (non-hydrogen) atoms. The lowest BCUT2D eigenvalue weighted by Gasteiger charge is -1.90. The molecular weight excluding hydrogens is 188 g/mol. The topological polar surface area (TPSA) is 34.1 Å². The number of hydrogen-bond acceptors (Lipinski definition) is 2. The van der Waals surface area contributed by atoms with Crippen LogP contribution in [-0.4, -0.2) is 11.6 Å². The highest BCUT2D eigenvalue weighted by Gasteiger charge is 1.95. The van der Waals surface area contributed by atoms with Crippen molar-refractivity contribution >= 4 is 11.6 Å². The van der Waals surface area contributed by atoms with Crippen LogP contribution >= 0.6 is 0 Å². The number of benzene rings is 1. The Bertz CT molecular complexity index is 313. The lowest BCUT2D eigenvalue weighted by atomic mass is 10.1. The van der Waals surface area contributed by atoms with Crippen LogP contribution in [0.5, 0.6) is 0 Å². The molecule has 2 nitrogen and oxygen atoms in total. The van der Waals surface area contributed by atoms with E-state index in [9.17, 15) is 9.59 Å². The van der Waals surface area contributed by atoms with Crippen molar-refractivity contribution in [1.29, 1.82) is 0 Å². The fraction of sp³-hybridized carbons (Fsp3) is 0.385. The Balaban J connectivity index is 0.000000288. The lowest BCUT2D eigenvalue weighted by molar-refractivity contribution is -0.119. The van der Waals surface area contributed by atoms with Crippen molar-refractivity contribution in [3.05, 3.63) is 35.9 Å². The first-order chi connectivity index (χ1) is 6.95. The minimum Gasteiger partial charge on any atom is -0.300 e. The zero-order valence-electron chi connectivity index (χ0n) is 9.78. The lowest BCUT2D eigenvalue weighted by Crippen LogP contribution is -1.98. The third-order valence-corrected chi connectivity index (χ3v) is 1.99. The second-order valence-corrected chi connectivity index (χ2v) is 3.69. The summed E-state index contributed by atoms with van der Waals surface area (Å²) in [5, 5.41) is 0. The van der Waals surface area contributed by atoms with Gasteiger partial charge in [0.1, 0.15) is 5.78 Å². The molecule has 0 atom stereocenters. The van der Waals surface area contributed by atoms with Crippen LogP contribution in [0.15, 0.2) is 30.3 Å². The zero-order valence-corrected chi connectivity index (χ0v) is 9.78. The van der Waals surface area contributed by atoms with E-state index in [-0.39, 0.29) is 17.5 Å². The Morgan fingerprint density at radius 2 is 1.40 bits per heavy atom. The number of carbonyl (C=O) groups excluding carboxylic acids is 2. The van der Waals surface area contributed by atoms with E-state index in [0.717, 1.165) is 5.56 Å². The van der Waals surface area contributed by atoms with Crippen LogP contribution in [0.1, 0.15) is 38.1 Å². The maximum atomic E-state index is 10.6. The summed E-state index contributed by atoms with van der Waals surface area (Å²) in [7, 11) is 0. The highest BCUT2D eigenvalue weighted by molar-refractivity contribution is 5.93. The maximum Gasteiger partial charge on any atom is 0.159 e. The summed E-state index contributed by atoms with van der Waals surface area (Å²) in [6, 6.07) is 9.23. The van der Waals surface area contributed by atoms with Gasteiger partial charge in [0.15, 0.2) is 5.78 Å². The Kier molecular flexibility index (Phi) is 6.27. The first kappa shape index (κ1) is 13.6. The first-order valence-corrected chi connectivity index (χ1v) is 5.01. The minimum atomic E-state index is 0.121. The number of Topliss-reactive ketones (excluding diaryl/α,β-unsaturated/α-hetero) is 2. The number of hydrogen-bond donors (Lipinski definition) is 0. The minimum absolute atomic E-state index is 0.121. The summed E-state index contributed by atoms with van der Waals surface area (Å²) in [6.45, 7) is 6.95. The van der Waals surface area contributed by atoms with Crippen LogP contribution in [0.3, 0.4) is 0 Å². The average Bonchev–Trinajstić information content (AvgIpc) is 2.20. The molecule has 1 aromatic rings. The van der Waals surface area contributed by atoms with Gasteiger partial charge in [0.25, 0.3) is 0 Å². The highest BCUT2D eigenvalue weighted by Crippen LogP contribution is 1.97. The summed E-state index contributed by atoms with van der Waals surface area (Å²) in [5.41, 5.74) is 0.775. The van der Waals surface area contributed by atoms with Gasteiger partial charge in [-0.1, -0.05) is 44.2 Å². The summed E-state index contributed by atoms with van der Waals surface area (Å²) in [5.74, 6) is 0.593. The van der Waals surface area contributed by atoms with Gasteiger partial charge in [0, 0.05) is 11.5 Å². The van der Waals surface area contributed by atoms with E-state index < -0.39 is 0 Å². The molecule has 0 N–H and O–H groups in total. The summed E-state index contributed by atoms with van der Waals surface area (Å²) in [4.78, 5) is 20.8. The van der Waals surface area contributed by atoms with Crippen molar-refractivity contribution in [3.8, 4) is 0 Å². The summed E-state index contributed by atoms with van der Waals surface area (Å²) >= 11 is 0. The van der Waals surface area contributed by atoms with Gasteiger partial charge >= 0.3 is 0 Å². The predicted octanol–water partition coefficient (Wildman–Crippen LogP) is 3.12. The van der Waals surface area contributed by atoms with Crippen LogP contribution in [0, 0.1) is 5.92 Å². The zero-order chi connectivity index (χ0) is 11.8. The molecule has 0 aromatic heterocycles. The number of carbonyl (C=O) groups is 2.